The van der Waals surface area contributed by atoms with E-state index in [0.717, 1.165) is 25.9 Å². The Morgan fingerprint density at radius 2 is 1.96 bits per heavy atom. The molecule has 0 amide bonds. The molecule has 146 valence electrons. The lowest BCUT2D eigenvalue weighted by atomic mass is 10.1. The molecule has 0 radical (unpaired) electrons. The Morgan fingerprint density at radius 3 is 2.75 bits per heavy atom. The van der Waals surface area contributed by atoms with Crippen molar-refractivity contribution < 1.29 is 13.9 Å². The normalized spacial score (nSPS) is 14.8. The van der Waals surface area contributed by atoms with Crippen molar-refractivity contribution in [2.45, 2.75) is 18.9 Å². The van der Waals surface area contributed by atoms with Crippen LogP contribution in [-0.2, 0) is 0 Å². The predicted octanol–water partition coefficient (Wildman–Crippen LogP) is 4.31. The topological polar surface area (TPSA) is 68.3 Å². The van der Waals surface area contributed by atoms with Crippen molar-refractivity contribution in [1.82, 2.24) is 15.3 Å². The highest BCUT2D eigenvalue weighted by molar-refractivity contribution is 6.30. The van der Waals surface area contributed by atoms with Crippen molar-refractivity contribution in [3.05, 3.63) is 47.5 Å². The molecule has 1 aliphatic heterocycles. The van der Waals surface area contributed by atoms with Gasteiger partial charge in [-0.2, -0.15) is 0 Å². The van der Waals surface area contributed by atoms with Crippen molar-refractivity contribution in [3.63, 3.8) is 0 Å². The van der Waals surface area contributed by atoms with Crippen LogP contribution in [-0.4, -0.2) is 36.3 Å². The summed E-state index contributed by atoms with van der Waals surface area (Å²) in [5, 5.41) is 7.43. The van der Waals surface area contributed by atoms with Gasteiger partial charge in [-0.25, -0.2) is 14.4 Å². The first-order chi connectivity index (χ1) is 13.6. The lowest BCUT2D eigenvalue weighted by Crippen LogP contribution is -2.34. The van der Waals surface area contributed by atoms with Gasteiger partial charge in [0, 0.05) is 16.5 Å². The molecule has 1 saturated heterocycles. The van der Waals surface area contributed by atoms with Crippen molar-refractivity contribution in [2.75, 3.05) is 25.5 Å². The van der Waals surface area contributed by atoms with Crippen LogP contribution >= 0.6 is 11.6 Å². The molecule has 0 spiro atoms. The van der Waals surface area contributed by atoms with Crippen LogP contribution in [0.4, 0.5) is 15.9 Å². The molecule has 3 aromatic rings. The fourth-order valence-electron chi connectivity index (χ4n) is 3.23. The molecule has 28 heavy (non-hydrogen) atoms. The van der Waals surface area contributed by atoms with Crippen LogP contribution in [0.1, 0.15) is 12.8 Å². The van der Waals surface area contributed by atoms with Gasteiger partial charge in [-0.05, 0) is 50.2 Å². The second-order valence-corrected chi connectivity index (χ2v) is 7.00. The third-order valence-electron chi connectivity index (χ3n) is 4.68. The summed E-state index contributed by atoms with van der Waals surface area (Å²) in [6, 6.07) is 7.94. The van der Waals surface area contributed by atoms with Crippen molar-refractivity contribution in [3.8, 4) is 11.5 Å². The van der Waals surface area contributed by atoms with Crippen LogP contribution in [0, 0.1) is 5.82 Å². The monoisotopic (exact) mass is 402 g/mol. The summed E-state index contributed by atoms with van der Waals surface area (Å²) in [6.07, 6.45) is 3.43. The van der Waals surface area contributed by atoms with E-state index in [1.165, 1.54) is 24.5 Å². The first-order valence-electron chi connectivity index (χ1n) is 9.06. The molecule has 1 aromatic heterocycles. The van der Waals surface area contributed by atoms with Gasteiger partial charge in [0.1, 0.15) is 24.1 Å². The molecule has 0 saturated carbocycles. The lowest BCUT2D eigenvalue weighted by molar-refractivity contribution is 0.157. The number of piperidine rings is 1. The molecule has 0 atom stereocenters. The third-order valence-corrected chi connectivity index (χ3v) is 4.92. The zero-order chi connectivity index (χ0) is 19.5. The van der Waals surface area contributed by atoms with Crippen LogP contribution in [0.25, 0.3) is 10.9 Å². The van der Waals surface area contributed by atoms with Gasteiger partial charge in [-0.3, -0.25) is 0 Å². The van der Waals surface area contributed by atoms with Crippen LogP contribution in [0.2, 0.25) is 5.02 Å². The minimum absolute atomic E-state index is 0.132. The number of methoxy groups -OCH3 is 1. The first-order valence-corrected chi connectivity index (χ1v) is 9.44. The van der Waals surface area contributed by atoms with Crippen LogP contribution in [0.3, 0.4) is 0 Å². The number of nitrogens with one attached hydrogen (secondary N) is 2. The Balaban J connectivity index is 1.70. The SMILES string of the molecule is COc1cc2c(Nc3cc(Cl)ccc3F)ncnc2cc1OC1CCNCC1. The molecule has 1 aliphatic rings. The number of hydrogen-bond acceptors (Lipinski definition) is 6. The van der Waals surface area contributed by atoms with Gasteiger partial charge in [-0.1, -0.05) is 11.6 Å². The van der Waals surface area contributed by atoms with Gasteiger partial charge >= 0.3 is 0 Å². The average Bonchev–Trinajstić information content (AvgIpc) is 2.71. The summed E-state index contributed by atoms with van der Waals surface area (Å²) in [5.41, 5.74) is 0.908. The third kappa shape index (κ3) is 3.95. The summed E-state index contributed by atoms with van der Waals surface area (Å²) >= 11 is 5.98. The number of ether oxygens (including phenoxy) is 2. The van der Waals surface area contributed by atoms with Crippen molar-refractivity contribution >= 4 is 34.0 Å². The Labute approximate surface area is 167 Å². The number of hydrogen-bond donors (Lipinski definition) is 2. The minimum Gasteiger partial charge on any atom is -0.493 e. The molecule has 1 fully saturated rings. The molecule has 2 heterocycles. The minimum atomic E-state index is -0.422. The zero-order valence-electron chi connectivity index (χ0n) is 15.3. The predicted molar refractivity (Wildman–Crippen MR) is 107 cm³/mol. The molecule has 2 aromatic carbocycles. The van der Waals surface area contributed by atoms with E-state index in [1.54, 1.807) is 13.2 Å². The molecule has 0 bridgehead atoms. The summed E-state index contributed by atoms with van der Waals surface area (Å²) < 4.78 is 25.8. The van der Waals surface area contributed by atoms with Gasteiger partial charge in [0.05, 0.1) is 18.3 Å². The summed E-state index contributed by atoms with van der Waals surface area (Å²) in [7, 11) is 1.59. The molecule has 0 unspecified atom stereocenters. The van der Waals surface area contributed by atoms with E-state index in [4.69, 9.17) is 21.1 Å². The number of nitrogens with zero attached hydrogens (tertiary/aromatic N) is 2. The highest BCUT2D eigenvalue weighted by atomic mass is 35.5. The van der Waals surface area contributed by atoms with Crippen molar-refractivity contribution in [2.24, 2.45) is 0 Å². The van der Waals surface area contributed by atoms with E-state index in [0.29, 0.717) is 33.2 Å². The van der Waals surface area contributed by atoms with Gasteiger partial charge in [0.15, 0.2) is 11.5 Å². The number of aromatic nitrogens is 2. The smallest absolute Gasteiger partial charge is 0.163 e. The molecule has 4 rings (SSSR count). The largest absolute Gasteiger partial charge is 0.493 e. The maximum atomic E-state index is 14.1. The second kappa shape index (κ2) is 8.16. The number of anilines is 2. The zero-order valence-corrected chi connectivity index (χ0v) is 16.1. The quantitative estimate of drug-likeness (QED) is 0.663. The van der Waals surface area contributed by atoms with E-state index >= 15 is 0 Å². The highest BCUT2D eigenvalue weighted by Crippen LogP contribution is 2.36. The second-order valence-electron chi connectivity index (χ2n) is 6.56. The number of rotatable bonds is 5. The molecule has 6 nitrogen and oxygen atoms in total. The maximum absolute atomic E-state index is 14.1. The van der Waals surface area contributed by atoms with Gasteiger partial charge in [0.25, 0.3) is 0 Å². The Bertz CT molecular complexity index is 995. The van der Waals surface area contributed by atoms with Gasteiger partial charge < -0.3 is 20.1 Å². The van der Waals surface area contributed by atoms with E-state index in [1.807, 2.05) is 6.07 Å². The van der Waals surface area contributed by atoms with Crippen LogP contribution in [0.5, 0.6) is 11.5 Å². The Morgan fingerprint density at radius 1 is 1.14 bits per heavy atom. The molecular formula is C20H20ClFN4O2. The summed E-state index contributed by atoms with van der Waals surface area (Å²) in [4.78, 5) is 8.59. The van der Waals surface area contributed by atoms with E-state index in [-0.39, 0.29) is 11.8 Å². The molecule has 0 aliphatic carbocycles. The number of halogens is 2. The van der Waals surface area contributed by atoms with E-state index in [9.17, 15) is 4.39 Å². The Hall–Kier alpha value is -2.64. The number of benzene rings is 2. The van der Waals surface area contributed by atoms with Crippen molar-refractivity contribution in [1.29, 1.82) is 0 Å². The molecule has 8 heteroatoms. The van der Waals surface area contributed by atoms with Crippen LogP contribution in [0.15, 0.2) is 36.7 Å². The van der Waals surface area contributed by atoms with Gasteiger partial charge in [0.2, 0.25) is 0 Å². The molecular weight excluding hydrogens is 383 g/mol. The van der Waals surface area contributed by atoms with Gasteiger partial charge in [-0.15, -0.1) is 0 Å². The summed E-state index contributed by atoms with van der Waals surface area (Å²) in [6.45, 7) is 1.87. The first kappa shape index (κ1) is 18.7. The van der Waals surface area contributed by atoms with E-state index in [2.05, 4.69) is 20.6 Å². The maximum Gasteiger partial charge on any atom is 0.163 e. The number of fused-ring (bicyclic) bond motifs is 1. The lowest BCUT2D eigenvalue weighted by Gasteiger charge is -2.25. The summed E-state index contributed by atoms with van der Waals surface area (Å²) in [5.74, 6) is 1.25. The average molecular weight is 403 g/mol. The highest BCUT2D eigenvalue weighted by Gasteiger charge is 2.18. The van der Waals surface area contributed by atoms with E-state index < -0.39 is 5.82 Å². The van der Waals surface area contributed by atoms with Crippen LogP contribution < -0.4 is 20.1 Å². The Kier molecular flexibility index (Phi) is 5.45. The fourth-order valence-corrected chi connectivity index (χ4v) is 3.40. The fraction of sp³-hybridized carbons (Fsp3) is 0.300. The standard InChI is InChI=1S/C20H20ClFN4O2/c1-27-18-9-14-16(10-19(18)28-13-4-6-23-7-5-13)24-11-25-20(14)26-17-8-12(21)2-3-15(17)22/h2-3,8-11,13,23H,4-7H2,1H3,(H,24,25,26). The molecule has 2 N–H and O–H groups in total.